The lowest BCUT2D eigenvalue weighted by molar-refractivity contribution is 0.220. The molecule has 0 amide bonds. The van der Waals surface area contributed by atoms with Gasteiger partial charge in [0.15, 0.2) is 0 Å². The van der Waals surface area contributed by atoms with Crippen molar-refractivity contribution in [1.82, 2.24) is 14.1 Å². The Hall–Kier alpha value is -0.730. The summed E-state index contributed by atoms with van der Waals surface area (Å²) in [6, 6.07) is 3.66. The standard InChI is InChI=1S/C17H27ClFN3O2S/c1-4-21-9-5-6-15(21)13-22(11-10-20(2)3)25(23,24)17-12-14(19)7-8-16(17)18/h7-8,12,15H,4-6,9-11,13H2,1-3H3. The fraction of sp³-hybridized carbons (Fsp3) is 0.647. The van der Waals surface area contributed by atoms with Gasteiger partial charge in [0, 0.05) is 25.7 Å². The highest BCUT2D eigenvalue weighted by molar-refractivity contribution is 7.89. The number of hydrogen-bond donors (Lipinski definition) is 0. The van der Waals surface area contributed by atoms with Crippen molar-refractivity contribution in [1.29, 1.82) is 0 Å². The minimum atomic E-state index is -3.86. The van der Waals surface area contributed by atoms with Crippen molar-refractivity contribution in [3.63, 3.8) is 0 Å². The average Bonchev–Trinajstić information content (AvgIpc) is 3.00. The van der Waals surface area contributed by atoms with Crippen molar-refractivity contribution >= 4 is 21.6 Å². The van der Waals surface area contributed by atoms with Gasteiger partial charge in [0.25, 0.3) is 0 Å². The molecule has 142 valence electrons. The van der Waals surface area contributed by atoms with Crippen molar-refractivity contribution < 1.29 is 12.8 Å². The van der Waals surface area contributed by atoms with Gasteiger partial charge < -0.3 is 4.90 Å². The van der Waals surface area contributed by atoms with Gasteiger partial charge in [0.1, 0.15) is 10.7 Å². The summed E-state index contributed by atoms with van der Waals surface area (Å²) in [6.07, 6.45) is 2.04. The number of nitrogens with zero attached hydrogens (tertiary/aromatic N) is 3. The monoisotopic (exact) mass is 391 g/mol. The molecule has 0 bridgehead atoms. The lowest BCUT2D eigenvalue weighted by Crippen LogP contribution is -2.45. The first kappa shape index (κ1) is 20.6. The third-order valence-corrected chi connectivity index (χ3v) is 6.97. The molecule has 1 saturated heterocycles. The third kappa shape index (κ3) is 5.14. The summed E-state index contributed by atoms with van der Waals surface area (Å²) in [5.74, 6) is -0.605. The van der Waals surface area contributed by atoms with Crippen LogP contribution in [0.2, 0.25) is 5.02 Å². The van der Waals surface area contributed by atoms with Crippen LogP contribution in [0.25, 0.3) is 0 Å². The van der Waals surface area contributed by atoms with Crippen LogP contribution in [0.5, 0.6) is 0 Å². The molecule has 0 spiro atoms. The number of benzene rings is 1. The fourth-order valence-electron chi connectivity index (χ4n) is 3.19. The SMILES string of the molecule is CCN1CCCC1CN(CCN(C)C)S(=O)(=O)c1cc(F)ccc1Cl. The van der Waals surface area contributed by atoms with E-state index >= 15 is 0 Å². The zero-order chi connectivity index (χ0) is 18.6. The molecule has 1 fully saturated rings. The zero-order valence-corrected chi connectivity index (χ0v) is 16.7. The maximum Gasteiger partial charge on any atom is 0.244 e. The van der Waals surface area contributed by atoms with Gasteiger partial charge >= 0.3 is 0 Å². The lowest BCUT2D eigenvalue weighted by Gasteiger charge is -2.30. The van der Waals surface area contributed by atoms with E-state index in [-0.39, 0.29) is 16.0 Å². The molecule has 1 atom stereocenters. The van der Waals surface area contributed by atoms with Crippen molar-refractivity contribution in [3.8, 4) is 0 Å². The van der Waals surface area contributed by atoms with Gasteiger partial charge in [-0.2, -0.15) is 4.31 Å². The molecule has 25 heavy (non-hydrogen) atoms. The Morgan fingerprint density at radius 2 is 2.04 bits per heavy atom. The van der Waals surface area contributed by atoms with Gasteiger partial charge in [-0.3, -0.25) is 4.90 Å². The molecule has 1 aliphatic rings. The smallest absolute Gasteiger partial charge is 0.244 e. The van der Waals surface area contributed by atoms with Gasteiger partial charge in [-0.15, -0.1) is 0 Å². The maximum atomic E-state index is 13.6. The third-order valence-electron chi connectivity index (χ3n) is 4.63. The first-order valence-electron chi connectivity index (χ1n) is 8.59. The molecule has 2 rings (SSSR count). The molecule has 0 aromatic heterocycles. The lowest BCUT2D eigenvalue weighted by atomic mass is 10.2. The molecular weight excluding hydrogens is 365 g/mol. The van der Waals surface area contributed by atoms with Gasteiger partial charge in [0.05, 0.1) is 5.02 Å². The molecule has 0 radical (unpaired) electrons. The van der Waals surface area contributed by atoms with Crippen molar-refractivity contribution in [2.24, 2.45) is 0 Å². The van der Waals surface area contributed by atoms with Crippen LogP contribution in [0.15, 0.2) is 23.1 Å². The Bertz CT molecular complexity index is 684. The normalized spacial score (nSPS) is 19.2. The molecule has 1 heterocycles. The maximum absolute atomic E-state index is 13.6. The summed E-state index contributed by atoms with van der Waals surface area (Å²) in [5, 5.41) is 0.0509. The van der Waals surface area contributed by atoms with E-state index < -0.39 is 15.8 Å². The second kappa shape index (κ2) is 8.77. The van der Waals surface area contributed by atoms with Crippen LogP contribution in [0, 0.1) is 5.82 Å². The van der Waals surface area contributed by atoms with Crippen LogP contribution in [0.3, 0.4) is 0 Å². The Labute approximate surface area is 155 Å². The molecule has 1 aromatic carbocycles. The van der Waals surface area contributed by atoms with Gasteiger partial charge in [0.2, 0.25) is 10.0 Å². The molecule has 1 aliphatic heterocycles. The van der Waals surface area contributed by atoms with Crippen LogP contribution in [-0.2, 0) is 10.0 Å². The van der Waals surface area contributed by atoms with Crippen LogP contribution in [0.1, 0.15) is 19.8 Å². The highest BCUT2D eigenvalue weighted by Gasteiger charge is 2.32. The molecule has 0 N–H and O–H groups in total. The number of rotatable bonds is 8. The second-order valence-corrected chi connectivity index (χ2v) is 8.98. The predicted molar refractivity (Wildman–Crippen MR) is 99.0 cm³/mol. The minimum Gasteiger partial charge on any atom is -0.308 e. The van der Waals surface area contributed by atoms with Crippen molar-refractivity contribution in [2.45, 2.75) is 30.7 Å². The summed E-state index contributed by atoms with van der Waals surface area (Å²) in [6.45, 7) is 5.30. The van der Waals surface area contributed by atoms with Gasteiger partial charge in [-0.05, 0) is 58.2 Å². The van der Waals surface area contributed by atoms with E-state index in [4.69, 9.17) is 11.6 Å². The summed E-state index contributed by atoms with van der Waals surface area (Å²) in [7, 11) is -0.0676. The first-order chi connectivity index (χ1) is 11.8. The number of sulfonamides is 1. The Morgan fingerprint density at radius 1 is 1.32 bits per heavy atom. The predicted octanol–water partition coefficient (Wildman–Crippen LogP) is 2.52. The molecule has 0 aliphatic carbocycles. The topological polar surface area (TPSA) is 43.9 Å². The van der Waals surface area contributed by atoms with E-state index in [0.29, 0.717) is 19.6 Å². The van der Waals surface area contributed by atoms with Crippen LogP contribution in [-0.4, -0.2) is 75.4 Å². The zero-order valence-electron chi connectivity index (χ0n) is 15.1. The molecule has 0 saturated carbocycles. The van der Waals surface area contributed by atoms with Crippen LogP contribution < -0.4 is 0 Å². The summed E-state index contributed by atoms with van der Waals surface area (Å²) < 4.78 is 41.3. The van der Waals surface area contributed by atoms with Gasteiger partial charge in [-0.25, -0.2) is 12.8 Å². The molecule has 8 heteroatoms. The molecule has 5 nitrogen and oxygen atoms in total. The second-order valence-electron chi connectivity index (χ2n) is 6.67. The van der Waals surface area contributed by atoms with Crippen molar-refractivity contribution in [2.75, 3.05) is 46.8 Å². The minimum absolute atomic E-state index is 0.0509. The summed E-state index contributed by atoms with van der Waals surface area (Å²) >= 11 is 6.07. The van der Waals surface area contributed by atoms with Crippen LogP contribution in [0.4, 0.5) is 4.39 Å². The first-order valence-corrected chi connectivity index (χ1v) is 10.4. The number of likely N-dealkylation sites (tertiary alicyclic amines) is 1. The highest BCUT2D eigenvalue weighted by atomic mass is 35.5. The molecular formula is C17H27ClFN3O2S. The Kier molecular flexibility index (Phi) is 7.22. The number of halogens is 2. The molecule has 1 unspecified atom stereocenters. The van der Waals surface area contributed by atoms with E-state index in [0.717, 1.165) is 32.0 Å². The van der Waals surface area contributed by atoms with E-state index in [1.165, 1.54) is 16.4 Å². The Morgan fingerprint density at radius 3 is 2.68 bits per heavy atom. The number of likely N-dealkylation sites (N-methyl/N-ethyl adjacent to an activating group) is 2. The van der Waals surface area contributed by atoms with Gasteiger partial charge in [-0.1, -0.05) is 18.5 Å². The van der Waals surface area contributed by atoms with Crippen LogP contribution >= 0.6 is 11.6 Å². The average molecular weight is 392 g/mol. The van der Waals surface area contributed by atoms with Crippen molar-refractivity contribution in [3.05, 3.63) is 29.0 Å². The largest absolute Gasteiger partial charge is 0.308 e. The van der Waals surface area contributed by atoms with E-state index in [2.05, 4.69) is 11.8 Å². The highest BCUT2D eigenvalue weighted by Crippen LogP contribution is 2.27. The molecule has 1 aromatic rings. The Balaban J connectivity index is 2.31. The van der Waals surface area contributed by atoms with E-state index in [9.17, 15) is 12.8 Å². The van der Waals surface area contributed by atoms with E-state index in [1.54, 1.807) is 0 Å². The van der Waals surface area contributed by atoms with E-state index in [1.807, 2.05) is 19.0 Å². The quantitative estimate of drug-likeness (QED) is 0.683. The fourth-order valence-corrected chi connectivity index (χ4v) is 5.14. The summed E-state index contributed by atoms with van der Waals surface area (Å²) in [4.78, 5) is 4.07. The number of hydrogen-bond acceptors (Lipinski definition) is 4. The summed E-state index contributed by atoms with van der Waals surface area (Å²) in [5.41, 5.74) is 0.